The minimum Gasteiger partial charge on any atom is -0.323 e. The van der Waals surface area contributed by atoms with Crippen molar-refractivity contribution in [2.24, 2.45) is 5.92 Å². The van der Waals surface area contributed by atoms with Crippen LogP contribution in [0.2, 0.25) is 5.02 Å². The van der Waals surface area contributed by atoms with E-state index in [0.717, 1.165) is 12.1 Å². The highest BCUT2D eigenvalue weighted by Gasteiger charge is 2.33. The number of hydrogen-bond donors (Lipinski definition) is 1. The fourth-order valence-electron chi connectivity index (χ4n) is 3.31. The van der Waals surface area contributed by atoms with Gasteiger partial charge in [0.2, 0.25) is 15.9 Å². The van der Waals surface area contributed by atoms with Gasteiger partial charge in [-0.25, -0.2) is 12.8 Å². The van der Waals surface area contributed by atoms with Gasteiger partial charge < -0.3 is 5.32 Å². The number of carbonyl (C=O) groups excluding carboxylic acids is 1. The number of hydrogen-bond acceptors (Lipinski definition) is 5. The molecule has 2 aromatic rings. The number of halogens is 2. The number of non-ortho nitro benzene ring substituents is 1. The summed E-state index contributed by atoms with van der Waals surface area (Å²) in [5, 5.41) is 13.8. The topological polar surface area (TPSA) is 110 Å². The Bertz CT molecular complexity index is 1100. The normalized spacial score (nSPS) is 15.7. The second kappa shape index (κ2) is 8.66. The predicted molar refractivity (Wildman–Crippen MR) is 109 cm³/mol. The third-order valence-electron chi connectivity index (χ3n) is 5.01. The van der Waals surface area contributed by atoms with Crippen LogP contribution in [0, 0.1) is 28.8 Å². The van der Waals surface area contributed by atoms with Gasteiger partial charge in [0.05, 0.1) is 15.5 Å². The van der Waals surface area contributed by atoms with Crippen molar-refractivity contribution in [3.63, 3.8) is 0 Å². The molecule has 0 atom stereocenters. The number of sulfonamides is 1. The molecule has 0 saturated carbocycles. The number of carbonyl (C=O) groups is 1. The van der Waals surface area contributed by atoms with Gasteiger partial charge >= 0.3 is 0 Å². The second-order valence-electron chi connectivity index (χ2n) is 7.00. The van der Waals surface area contributed by atoms with Crippen molar-refractivity contribution in [1.82, 2.24) is 4.31 Å². The number of nitrogens with zero attached hydrogens (tertiary/aromatic N) is 2. The second-order valence-corrected chi connectivity index (χ2v) is 9.34. The lowest BCUT2D eigenvalue weighted by Gasteiger charge is -2.31. The van der Waals surface area contributed by atoms with E-state index in [2.05, 4.69) is 5.32 Å². The monoisotopic (exact) mass is 455 g/mol. The van der Waals surface area contributed by atoms with Gasteiger partial charge in [-0.1, -0.05) is 17.7 Å². The summed E-state index contributed by atoms with van der Waals surface area (Å²) in [7, 11) is -3.95. The molecule has 1 aliphatic rings. The van der Waals surface area contributed by atoms with Crippen molar-refractivity contribution in [2.75, 3.05) is 18.4 Å². The summed E-state index contributed by atoms with van der Waals surface area (Å²) >= 11 is 5.82. The van der Waals surface area contributed by atoms with Crippen LogP contribution in [0.4, 0.5) is 15.8 Å². The van der Waals surface area contributed by atoms with E-state index >= 15 is 0 Å². The van der Waals surface area contributed by atoms with Crippen LogP contribution in [0.1, 0.15) is 18.4 Å². The van der Waals surface area contributed by atoms with E-state index in [1.807, 2.05) is 0 Å². The summed E-state index contributed by atoms with van der Waals surface area (Å²) in [6.45, 7) is 1.71. The highest BCUT2D eigenvalue weighted by molar-refractivity contribution is 7.89. The molecule has 0 unspecified atom stereocenters. The lowest BCUT2D eigenvalue weighted by atomic mass is 9.97. The molecule has 30 heavy (non-hydrogen) atoms. The molecule has 0 spiro atoms. The number of nitro groups is 1. The Morgan fingerprint density at radius 2 is 1.90 bits per heavy atom. The summed E-state index contributed by atoms with van der Waals surface area (Å²) in [6, 6.07) is 7.51. The zero-order chi connectivity index (χ0) is 22.1. The van der Waals surface area contributed by atoms with Gasteiger partial charge in [0.1, 0.15) is 5.82 Å². The third-order valence-corrected chi connectivity index (χ3v) is 7.29. The SMILES string of the molecule is Cc1ccc([N+](=O)[O-])cc1S(=O)(=O)N1CCC(C(=O)Nc2cc(Cl)ccc2F)CC1. The van der Waals surface area contributed by atoms with Crippen molar-refractivity contribution in [2.45, 2.75) is 24.7 Å². The highest BCUT2D eigenvalue weighted by Crippen LogP contribution is 2.29. The smallest absolute Gasteiger partial charge is 0.270 e. The number of aryl methyl sites for hydroxylation is 1. The first-order valence-corrected chi connectivity index (χ1v) is 10.9. The fourth-order valence-corrected chi connectivity index (χ4v) is 5.19. The van der Waals surface area contributed by atoms with Gasteiger partial charge in [-0.05, 0) is 43.5 Å². The van der Waals surface area contributed by atoms with E-state index in [-0.39, 0.29) is 47.2 Å². The molecular formula is C19H19ClFN3O5S. The summed E-state index contributed by atoms with van der Waals surface area (Å²) in [5.41, 5.74) is 0.0589. The number of nitro benzene ring substituents is 1. The maximum Gasteiger partial charge on any atom is 0.270 e. The molecule has 0 aliphatic carbocycles. The minimum atomic E-state index is -3.95. The predicted octanol–water partition coefficient (Wildman–Crippen LogP) is 3.74. The molecule has 1 saturated heterocycles. The minimum absolute atomic E-state index is 0.0326. The Labute approximate surface area is 177 Å². The zero-order valence-corrected chi connectivity index (χ0v) is 17.5. The highest BCUT2D eigenvalue weighted by atomic mass is 35.5. The van der Waals surface area contributed by atoms with Gasteiger partial charge in [0.15, 0.2) is 0 Å². The van der Waals surface area contributed by atoms with Crippen LogP contribution in [0.25, 0.3) is 0 Å². The number of rotatable bonds is 5. The van der Waals surface area contributed by atoms with Gasteiger partial charge in [0, 0.05) is 36.2 Å². The van der Waals surface area contributed by atoms with E-state index < -0.39 is 32.6 Å². The quantitative estimate of drug-likeness (QED) is 0.545. The first-order valence-electron chi connectivity index (χ1n) is 9.10. The summed E-state index contributed by atoms with van der Waals surface area (Å²) in [5.74, 6) is -1.53. The average molecular weight is 456 g/mol. The number of piperidine rings is 1. The lowest BCUT2D eigenvalue weighted by Crippen LogP contribution is -2.41. The summed E-state index contributed by atoms with van der Waals surface area (Å²) in [4.78, 5) is 22.7. The van der Waals surface area contributed by atoms with Gasteiger partial charge in [-0.2, -0.15) is 4.31 Å². The maximum absolute atomic E-state index is 13.8. The molecule has 160 valence electrons. The van der Waals surface area contributed by atoms with E-state index in [0.29, 0.717) is 5.56 Å². The first-order chi connectivity index (χ1) is 14.1. The Morgan fingerprint density at radius 3 is 2.53 bits per heavy atom. The van der Waals surface area contributed by atoms with Crippen molar-refractivity contribution in [1.29, 1.82) is 0 Å². The molecule has 0 bridgehead atoms. The van der Waals surface area contributed by atoms with Crippen LogP contribution in [0.5, 0.6) is 0 Å². The van der Waals surface area contributed by atoms with Crippen LogP contribution in [0.3, 0.4) is 0 Å². The van der Waals surface area contributed by atoms with E-state index in [1.54, 1.807) is 6.92 Å². The average Bonchev–Trinajstić information content (AvgIpc) is 2.70. The Hall–Kier alpha value is -2.56. The molecule has 0 aromatic heterocycles. The molecule has 0 radical (unpaired) electrons. The van der Waals surface area contributed by atoms with Gasteiger partial charge in [0.25, 0.3) is 5.69 Å². The number of nitrogens with one attached hydrogen (secondary N) is 1. The Kier molecular flexibility index (Phi) is 6.39. The van der Waals surface area contributed by atoms with E-state index in [9.17, 15) is 27.7 Å². The summed E-state index contributed by atoms with van der Waals surface area (Å²) < 4.78 is 41.0. The number of anilines is 1. The van der Waals surface area contributed by atoms with Crippen LogP contribution in [-0.4, -0.2) is 36.6 Å². The van der Waals surface area contributed by atoms with Crippen molar-refractivity contribution < 1.29 is 22.5 Å². The van der Waals surface area contributed by atoms with Crippen molar-refractivity contribution in [3.05, 3.63) is 62.9 Å². The van der Waals surface area contributed by atoms with E-state index in [1.165, 1.54) is 28.6 Å². The van der Waals surface area contributed by atoms with Crippen molar-refractivity contribution >= 4 is 38.9 Å². The zero-order valence-electron chi connectivity index (χ0n) is 16.0. The van der Waals surface area contributed by atoms with Crippen molar-refractivity contribution in [3.8, 4) is 0 Å². The van der Waals surface area contributed by atoms with Crippen LogP contribution in [-0.2, 0) is 14.8 Å². The molecule has 11 heteroatoms. The van der Waals surface area contributed by atoms with Crippen LogP contribution < -0.4 is 5.32 Å². The molecular weight excluding hydrogens is 437 g/mol. The number of amides is 1. The van der Waals surface area contributed by atoms with E-state index in [4.69, 9.17) is 11.6 Å². The van der Waals surface area contributed by atoms with Gasteiger partial charge in [-0.3, -0.25) is 14.9 Å². The molecule has 1 fully saturated rings. The lowest BCUT2D eigenvalue weighted by molar-refractivity contribution is -0.385. The van der Waals surface area contributed by atoms with Gasteiger partial charge in [-0.15, -0.1) is 0 Å². The third kappa shape index (κ3) is 4.61. The van der Waals surface area contributed by atoms with Crippen LogP contribution >= 0.6 is 11.6 Å². The largest absolute Gasteiger partial charge is 0.323 e. The molecule has 2 aromatic carbocycles. The van der Waals surface area contributed by atoms with Crippen LogP contribution in [0.15, 0.2) is 41.3 Å². The Morgan fingerprint density at radius 1 is 1.23 bits per heavy atom. The molecule has 3 rings (SSSR count). The Balaban J connectivity index is 1.70. The molecule has 1 aliphatic heterocycles. The molecule has 8 nitrogen and oxygen atoms in total. The molecule has 1 amide bonds. The summed E-state index contributed by atoms with van der Waals surface area (Å²) in [6.07, 6.45) is 0.475. The maximum atomic E-state index is 13.8. The first kappa shape index (κ1) is 22.1. The molecule has 1 N–H and O–H groups in total. The fraction of sp³-hybridized carbons (Fsp3) is 0.316. The standard InChI is InChI=1S/C19H19ClFN3O5S/c1-12-2-4-15(24(26)27)11-18(12)30(28,29)23-8-6-13(7-9-23)19(25)22-17-10-14(20)3-5-16(17)21/h2-5,10-11,13H,6-9H2,1H3,(H,22,25). The number of benzene rings is 2. The molecule has 1 heterocycles.